The summed E-state index contributed by atoms with van der Waals surface area (Å²) in [6, 6.07) is 7.62. The number of rotatable bonds is 5. The molecule has 1 atom stereocenters. The Hall–Kier alpha value is -1.00. The van der Waals surface area contributed by atoms with E-state index in [0.717, 1.165) is 36.0 Å². The lowest BCUT2D eigenvalue weighted by Crippen LogP contribution is -2.43. The minimum Gasteiger partial charge on any atom is -0.494 e. The maximum absolute atomic E-state index is 13.3. The molecule has 3 nitrogen and oxygen atoms in total. The van der Waals surface area contributed by atoms with E-state index in [-0.39, 0.29) is 16.4 Å². The van der Waals surface area contributed by atoms with E-state index in [1.807, 2.05) is 31.2 Å². The third-order valence-corrected chi connectivity index (χ3v) is 8.69. The summed E-state index contributed by atoms with van der Waals surface area (Å²) in [5.41, 5.74) is 0.755. The smallest absolute Gasteiger partial charge is 0.174 e. The number of hydrogen-bond donors (Lipinski definition) is 0. The lowest BCUT2D eigenvalue weighted by molar-refractivity contribution is 0.0945. The van der Waals surface area contributed by atoms with Crippen LogP contribution in [0, 0.1) is 5.41 Å². The molecule has 4 heteroatoms. The normalized spacial score (nSPS) is 20.6. The highest BCUT2D eigenvalue weighted by molar-refractivity contribution is 8.34. The number of benzene rings is 1. The van der Waals surface area contributed by atoms with Crippen molar-refractivity contribution in [2.24, 2.45) is 5.41 Å². The van der Waals surface area contributed by atoms with E-state index < -0.39 is 10.0 Å². The van der Waals surface area contributed by atoms with Gasteiger partial charge in [-0.25, -0.2) is 10.0 Å². The molecule has 1 aromatic rings. The van der Waals surface area contributed by atoms with Crippen molar-refractivity contribution < 1.29 is 14.3 Å². The molecule has 1 aromatic carbocycles. The Balaban J connectivity index is 2.30. The molecule has 0 N–H and O–H groups in total. The van der Waals surface area contributed by atoms with Gasteiger partial charge in [0.2, 0.25) is 0 Å². The van der Waals surface area contributed by atoms with Gasteiger partial charge < -0.3 is 9.47 Å². The largest absolute Gasteiger partial charge is 0.494 e. The maximum atomic E-state index is 13.3. The fourth-order valence-electron chi connectivity index (χ4n) is 3.48. The van der Waals surface area contributed by atoms with Gasteiger partial charge in [-0.2, -0.15) is 0 Å². The Bertz CT molecular complexity index is 525. The average Bonchev–Trinajstić information content (AvgIpc) is 2.47. The van der Waals surface area contributed by atoms with Crippen LogP contribution in [0.2, 0.25) is 0 Å². The van der Waals surface area contributed by atoms with Gasteiger partial charge in [0.05, 0.1) is 25.1 Å². The van der Waals surface area contributed by atoms with E-state index in [4.69, 9.17) is 9.47 Å². The van der Waals surface area contributed by atoms with Crippen molar-refractivity contribution in [3.8, 4) is 5.75 Å². The van der Waals surface area contributed by atoms with Crippen LogP contribution in [0.25, 0.3) is 0 Å². The number of carbonyl (C=O) groups excluding carboxylic acids is 1. The van der Waals surface area contributed by atoms with Crippen molar-refractivity contribution in [1.29, 1.82) is 0 Å². The monoisotopic (exact) mass is 338 g/mol. The number of Topliss-reactive ketones (excluding diaryl/α,β-unsaturated/α-hetero) is 1. The summed E-state index contributed by atoms with van der Waals surface area (Å²) in [5.74, 6) is 3.15. The van der Waals surface area contributed by atoms with E-state index in [1.165, 1.54) is 0 Å². The summed E-state index contributed by atoms with van der Waals surface area (Å²) < 4.78 is 11.0. The lowest BCUT2D eigenvalue weighted by atomic mass is 9.87. The molecule has 2 rings (SSSR count). The van der Waals surface area contributed by atoms with Crippen LogP contribution >= 0.6 is 10.0 Å². The SMILES string of the molecule is CCOc1ccc(C(=O)C(C(C)(C)C)S2(C)CCOCC2)cc1. The van der Waals surface area contributed by atoms with Crippen LogP contribution in [-0.2, 0) is 4.74 Å². The van der Waals surface area contributed by atoms with Crippen molar-refractivity contribution in [2.45, 2.75) is 32.9 Å². The first-order valence-electron chi connectivity index (χ1n) is 8.35. The second-order valence-corrected chi connectivity index (χ2v) is 11.4. The molecular formula is C19H30O3S. The van der Waals surface area contributed by atoms with Gasteiger partial charge in [-0.1, -0.05) is 20.8 Å². The highest BCUT2D eigenvalue weighted by Crippen LogP contribution is 2.56. The average molecular weight is 339 g/mol. The molecule has 130 valence electrons. The quantitative estimate of drug-likeness (QED) is 0.757. The summed E-state index contributed by atoms with van der Waals surface area (Å²) in [4.78, 5) is 13.3. The van der Waals surface area contributed by atoms with E-state index in [0.29, 0.717) is 6.61 Å². The summed E-state index contributed by atoms with van der Waals surface area (Å²) in [6.45, 7) is 10.8. The molecule has 23 heavy (non-hydrogen) atoms. The Labute approximate surface area is 142 Å². The molecule has 1 heterocycles. The standard InChI is InChI=1S/C19H30O3S/c1-6-22-16-9-7-15(8-10-16)17(20)18(19(2,3)4)23(5)13-11-21-12-14-23/h7-10,18H,6,11-14H2,1-5H3. The number of ether oxygens (including phenoxy) is 2. The van der Waals surface area contributed by atoms with Gasteiger partial charge in [0, 0.05) is 17.1 Å². The number of carbonyl (C=O) groups is 1. The third-order valence-electron chi connectivity index (χ3n) is 4.43. The van der Waals surface area contributed by atoms with Gasteiger partial charge >= 0.3 is 0 Å². The van der Waals surface area contributed by atoms with Crippen LogP contribution in [0.3, 0.4) is 0 Å². The fraction of sp³-hybridized carbons (Fsp3) is 0.632. The predicted molar refractivity (Wildman–Crippen MR) is 99.3 cm³/mol. The Morgan fingerprint density at radius 1 is 1.22 bits per heavy atom. The molecule has 0 aliphatic carbocycles. The zero-order valence-electron chi connectivity index (χ0n) is 15.1. The van der Waals surface area contributed by atoms with E-state index in [1.54, 1.807) is 0 Å². The van der Waals surface area contributed by atoms with Crippen LogP contribution in [0.1, 0.15) is 38.1 Å². The molecular weight excluding hydrogens is 308 g/mol. The summed E-state index contributed by atoms with van der Waals surface area (Å²) in [5, 5.41) is 0.0665. The Morgan fingerprint density at radius 3 is 2.26 bits per heavy atom. The zero-order chi connectivity index (χ0) is 17.1. The molecule has 1 saturated heterocycles. The highest BCUT2D eigenvalue weighted by atomic mass is 32.3. The van der Waals surface area contributed by atoms with Gasteiger partial charge in [0.25, 0.3) is 0 Å². The first kappa shape index (κ1) is 18.3. The number of ketones is 1. The van der Waals surface area contributed by atoms with Crippen molar-refractivity contribution >= 4 is 15.8 Å². The molecule has 1 fully saturated rings. The van der Waals surface area contributed by atoms with Crippen LogP contribution < -0.4 is 4.74 Å². The molecule has 1 aliphatic heterocycles. The molecule has 0 radical (unpaired) electrons. The molecule has 0 bridgehead atoms. The molecule has 0 spiro atoms. The van der Waals surface area contributed by atoms with Crippen molar-refractivity contribution in [3.63, 3.8) is 0 Å². The van der Waals surface area contributed by atoms with E-state index in [2.05, 4.69) is 27.0 Å². The fourth-order valence-corrected chi connectivity index (χ4v) is 7.51. The molecule has 0 aromatic heterocycles. The van der Waals surface area contributed by atoms with E-state index >= 15 is 0 Å². The van der Waals surface area contributed by atoms with Crippen LogP contribution in [0.4, 0.5) is 0 Å². The van der Waals surface area contributed by atoms with Crippen molar-refractivity contribution in [1.82, 2.24) is 0 Å². The van der Waals surface area contributed by atoms with Gasteiger partial charge in [-0.15, -0.1) is 0 Å². The van der Waals surface area contributed by atoms with Crippen LogP contribution in [0.15, 0.2) is 24.3 Å². The van der Waals surface area contributed by atoms with Crippen molar-refractivity contribution in [3.05, 3.63) is 29.8 Å². The molecule has 0 amide bonds. The first-order chi connectivity index (χ1) is 10.8. The van der Waals surface area contributed by atoms with Gasteiger partial charge in [-0.05, 0) is 42.9 Å². The van der Waals surface area contributed by atoms with Gasteiger partial charge in [-0.3, -0.25) is 4.79 Å². The maximum Gasteiger partial charge on any atom is 0.174 e. The molecule has 0 saturated carbocycles. The minimum absolute atomic E-state index is 0.0445. The summed E-state index contributed by atoms with van der Waals surface area (Å²) in [7, 11) is -1.01. The van der Waals surface area contributed by atoms with Crippen LogP contribution in [-0.4, -0.2) is 48.6 Å². The zero-order valence-corrected chi connectivity index (χ0v) is 15.9. The molecule has 1 aliphatic rings. The summed E-state index contributed by atoms with van der Waals surface area (Å²) in [6.07, 6.45) is 2.33. The van der Waals surface area contributed by atoms with Gasteiger partial charge in [0.15, 0.2) is 5.78 Å². The van der Waals surface area contributed by atoms with Crippen molar-refractivity contribution in [2.75, 3.05) is 37.6 Å². The topological polar surface area (TPSA) is 35.5 Å². The highest BCUT2D eigenvalue weighted by Gasteiger charge is 2.43. The minimum atomic E-state index is -1.01. The predicted octanol–water partition coefficient (Wildman–Crippen LogP) is 4.15. The lowest BCUT2D eigenvalue weighted by Gasteiger charge is -2.50. The number of hydrogen-bond acceptors (Lipinski definition) is 3. The Morgan fingerprint density at radius 2 is 1.78 bits per heavy atom. The van der Waals surface area contributed by atoms with Crippen LogP contribution in [0.5, 0.6) is 5.75 Å². The van der Waals surface area contributed by atoms with E-state index in [9.17, 15) is 4.79 Å². The third kappa shape index (κ3) is 4.30. The second kappa shape index (κ2) is 7.27. The molecule has 1 unspecified atom stereocenters. The summed E-state index contributed by atoms with van der Waals surface area (Å²) >= 11 is 0. The second-order valence-electron chi connectivity index (χ2n) is 7.44. The first-order valence-corrected chi connectivity index (χ1v) is 10.8. The Kier molecular flexibility index (Phi) is 5.79. The van der Waals surface area contributed by atoms with Gasteiger partial charge in [0.1, 0.15) is 5.75 Å².